The summed E-state index contributed by atoms with van der Waals surface area (Å²) in [4.78, 5) is 59.0. The number of aliphatic carboxylic acids is 1. The Kier molecular flexibility index (Phi) is 11.1. The third kappa shape index (κ3) is 7.03. The Bertz CT molecular complexity index is 1920. The minimum atomic E-state index is -1.53. The number of nitrogens with one attached hydrogen (secondary N) is 2. The van der Waals surface area contributed by atoms with E-state index in [-0.39, 0.29) is 40.7 Å². The number of urea groups is 1. The quantitative estimate of drug-likeness (QED) is 0.0776. The predicted molar refractivity (Wildman–Crippen MR) is 169 cm³/mol. The molecular formula is C27H37N11O13. The number of aliphatic hydroxyl groups excluding tert-OH is 6. The second kappa shape index (κ2) is 15.1. The topological polar surface area (TPSA) is 352 Å². The monoisotopic (exact) mass is 723 g/mol. The highest BCUT2D eigenvalue weighted by atomic mass is 16.6. The number of nitrogen functional groups attached to an aromatic ring is 1. The van der Waals surface area contributed by atoms with Gasteiger partial charge in [-0.2, -0.15) is 4.98 Å². The zero-order chi connectivity index (χ0) is 37.3. The molecule has 4 aromatic heterocycles. The van der Waals surface area contributed by atoms with Crippen LogP contribution in [0.1, 0.15) is 19.4 Å². The molecule has 11 N–H and O–H groups in total. The highest BCUT2D eigenvalue weighted by Gasteiger charge is 2.46. The maximum atomic E-state index is 12.5. The molecule has 24 heteroatoms. The lowest BCUT2D eigenvalue weighted by molar-refractivity contribution is -0.141. The molecule has 2 amide bonds. The smallest absolute Gasteiger partial charge is 0.328 e. The summed E-state index contributed by atoms with van der Waals surface area (Å²) in [5, 5.41) is 69.5. The van der Waals surface area contributed by atoms with Crippen LogP contribution >= 0.6 is 0 Å². The van der Waals surface area contributed by atoms with Crippen molar-refractivity contribution in [2.75, 3.05) is 38.0 Å². The SMILES string of the molecule is CO[C@@H]1[C@H](O)[C@@H](CO)O[C@H]1n1cnc2c(=O)[nH]c(N)nc21.C[C@@H](O)[C@H](NC(=O)N(C)c1ncnc2c1ncn2[C@@H]1O[C@H](CO)[C@@H](O)[C@H]1O)C(=O)O. The molecule has 2 aliphatic rings. The maximum absolute atomic E-state index is 12.5. The average Bonchev–Trinajstić information content (AvgIpc) is 3.86. The van der Waals surface area contributed by atoms with E-state index in [1.54, 1.807) is 0 Å². The van der Waals surface area contributed by atoms with E-state index >= 15 is 0 Å². The fraction of sp³-hybridized carbons (Fsp3) is 0.556. The van der Waals surface area contributed by atoms with Crippen LogP contribution < -0.4 is 21.5 Å². The average molecular weight is 724 g/mol. The third-order valence-electron chi connectivity index (χ3n) is 8.27. The number of nitrogens with two attached hydrogens (primary N) is 1. The lowest BCUT2D eigenvalue weighted by atomic mass is 10.1. The molecule has 2 fully saturated rings. The molecule has 0 unspecified atom stereocenters. The van der Waals surface area contributed by atoms with Gasteiger partial charge in [0, 0.05) is 14.2 Å². The van der Waals surface area contributed by atoms with E-state index in [1.807, 2.05) is 0 Å². The molecule has 0 saturated carbocycles. The minimum Gasteiger partial charge on any atom is -0.480 e. The number of anilines is 2. The van der Waals surface area contributed by atoms with Crippen molar-refractivity contribution in [3.05, 3.63) is 29.3 Å². The molecule has 0 spiro atoms. The van der Waals surface area contributed by atoms with Crippen molar-refractivity contribution in [2.24, 2.45) is 0 Å². The van der Waals surface area contributed by atoms with Gasteiger partial charge in [-0.15, -0.1) is 0 Å². The van der Waals surface area contributed by atoms with E-state index in [1.165, 1.54) is 42.9 Å². The number of methoxy groups -OCH3 is 1. The van der Waals surface area contributed by atoms with Crippen LogP contribution in [0.2, 0.25) is 0 Å². The number of carbonyl (C=O) groups excluding carboxylic acids is 1. The van der Waals surface area contributed by atoms with Crippen LogP contribution in [-0.4, -0.2) is 163 Å². The van der Waals surface area contributed by atoms with Crippen molar-refractivity contribution in [1.82, 2.24) is 44.4 Å². The number of ether oxygens (including phenoxy) is 3. The molecule has 2 aliphatic heterocycles. The molecule has 2 saturated heterocycles. The number of aliphatic hydroxyl groups is 6. The summed E-state index contributed by atoms with van der Waals surface area (Å²) in [6, 6.07) is -2.39. The van der Waals surface area contributed by atoms with Gasteiger partial charge < -0.3 is 61.0 Å². The summed E-state index contributed by atoms with van der Waals surface area (Å²) in [7, 11) is 2.74. The fourth-order valence-electron chi connectivity index (χ4n) is 5.57. The van der Waals surface area contributed by atoms with Crippen LogP contribution in [-0.2, 0) is 19.0 Å². The van der Waals surface area contributed by atoms with Crippen molar-refractivity contribution in [3.63, 3.8) is 0 Å². The molecule has 51 heavy (non-hydrogen) atoms. The fourth-order valence-corrected chi connectivity index (χ4v) is 5.57. The zero-order valence-electron chi connectivity index (χ0n) is 27.2. The van der Waals surface area contributed by atoms with Crippen LogP contribution in [0.5, 0.6) is 0 Å². The van der Waals surface area contributed by atoms with Gasteiger partial charge in [0.25, 0.3) is 5.56 Å². The van der Waals surface area contributed by atoms with Gasteiger partial charge in [-0.25, -0.2) is 29.5 Å². The Morgan fingerprint density at radius 2 is 1.61 bits per heavy atom. The first-order valence-corrected chi connectivity index (χ1v) is 15.2. The van der Waals surface area contributed by atoms with E-state index in [9.17, 15) is 45.0 Å². The number of carboxylic acid groups (broad SMARTS) is 1. The number of H-pyrrole nitrogens is 1. The second-order valence-corrected chi connectivity index (χ2v) is 11.5. The highest BCUT2D eigenvalue weighted by molar-refractivity contribution is 5.99. The number of carbonyl (C=O) groups is 2. The Morgan fingerprint density at radius 1 is 1.00 bits per heavy atom. The Hall–Kier alpha value is -4.92. The van der Waals surface area contributed by atoms with E-state index < -0.39 is 85.4 Å². The summed E-state index contributed by atoms with van der Waals surface area (Å²) >= 11 is 0. The Morgan fingerprint density at radius 3 is 2.20 bits per heavy atom. The molecule has 0 aromatic carbocycles. The first-order chi connectivity index (χ1) is 24.2. The number of carboxylic acids is 1. The molecule has 24 nitrogen and oxygen atoms in total. The Labute approximate surface area is 285 Å². The number of fused-ring (bicyclic) bond motifs is 2. The number of aromatic nitrogens is 8. The third-order valence-corrected chi connectivity index (χ3v) is 8.27. The van der Waals surface area contributed by atoms with Crippen LogP contribution in [0, 0.1) is 0 Å². The summed E-state index contributed by atoms with van der Waals surface area (Å²) in [5.41, 5.74) is 5.68. The second-order valence-electron chi connectivity index (χ2n) is 11.5. The first kappa shape index (κ1) is 37.3. The number of rotatable bonds is 9. The van der Waals surface area contributed by atoms with Crippen LogP contribution in [0.3, 0.4) is 0 Å². The van der Waals surface area contributed by atoms with Crippen molar-refractivity contribution in [1.29, 1.82) is 0 Å². The standard InChI is InChI=1S/C16H22N6O8.C11H15N5O5/c1-6(24)8(15(27)28)20-16(29)21(2)12-9-13(18-4-17-12)22(5-19-9)14-11(26)10(25)7(3-23)30-14;1-20-7-6(18)4(2-17)21-10(7)16-3-13-5-8(16)14-11(12)15-9(5)19/h4-8,10-11,14,23-26H,3H2,1-2H3,(H,20,29)(H,27,28);3-4,6-7,10,17-18H,2H2,1H3,(H3,12,14,15,19)/t6-,7-,8+,10-,11-,14-;4-,6-,7-,10-/m11/s1. The predicted octanol–water partition coefficient (Wildman–Crippen LogP) is -4.61. The Balaban J connectivity index is 0.000000210. The number of hydrogen-bond acceptors (Lipinski definition) is 18. The lowest BCUT2D eigenvalue weighted by Gasteiger charge is -2.22. The maximum Gasteiger partial charge on any atom is 0.328 e. The van der Waals surface area contributed by atoms with Crippen molar-refractivity contribution in [2.45, 2.75) is 68.1 Å². The minimum absolute atomic E-state index is 0.0257. The van der Waals surface area contributed by atoms with E-state index in [0.29, 0.717) is 0 Å². The van der Waals surface area contributed by atoms with Gasteiger partial charge in [0.2, 0.25) is 5.95 Å². The van der Waals surface area contributed by atoms with Crippen molar-refractivity contribution < 1.29 is 59.5 Å². The molecule has 4 aromatic rings. The van der Waals surface area contributed by atoms with Gasteiger partial charge in [0.05, 0.1) is 32.0 Å². The molecule has 0 bridgehead atoms. The summed E-state index contributed by atoms with van der Waals surface area (Å²) in [6.07, 6.45) is -5.66. The van der Waals surface area contributed by atoms with Crippen molar-refractivity contribution >= 4 is 46.1 Å². The van der Waals surface area contributed by atoms with Crippen LogP contribution in [0.4, 0.5) is 16.6 Å². The molecule has 0 radical (unpaired) electrons. The number of nitrogens with zero attached hydrogens (tertiary/aromatic N) is 8. The van der Waals surface area contributed by atoms with E-state index in [2.05, 4.69) is 35.2 Å². The molecule has 278 valence electrons. The molecule has 6 rings (SSSR count). The molecular weight excluding hydrogens is 686 g/mol. The number of hydrogen-bond donors (Lipinski definition) is 10. The highest BCUT2D eigenvalue weighted by Crippen LogP contribution is 2.34. The van der Waals surface area contributed by atoms with Gasteiger partial charge in [0.15, 0.2) is 46.6 Å². The normalized spacial score (nSPS) is 27.2. The van der Waals surface area contributed by atoms with E-state index in [4.69, 9.17) is 25.1 Å². The van der Waals surface area contributed by atoms with Crippen LogP contribution in [0.25, 0.3) is 22.3 Å². The molecule has 10 atom stereocenters. The zero-order valence-corrected chi connectivity index (χ0v) is 27.2. The number of amides is 2. The summed E-state index contributed by atoms with van der Waals surface area (Å²) in [6.45, 7) is 0.365. The van der Waals surface area contributed by atoms with Gasteiger partial charge in [-0.1, -0.05) is 0 Å². The molecule has 0 aliphatic carbocycles. The van der Waals surface area contributed by atoms with Gasteiger partial charge in [-0.05, 0) is 6.92 Å². The number of aromatic amines is 1. The van der Waals surface area contributed by atoms with E-state index in [0.717, 1.165) is 11.2 Å². The molecule has 6 heterocycles. The summed E-state index contributed by atoms with van der Waals surface area (Å²) < 4.78 is 19.0. The van der Waals surface area contributed by atoms with Gasteiger partial charge in [-0.3, -0.25) is 23.8 Å². The lowest BCUT2D eigenvalue weighted by Crippen LogP contribution is -2.51. The number of imidazole rings is 2. The largest absolute Gasteiger partial charge is 0.480 e. The van der Waals surface area contributed by atoms with Gasteiger partial charge in [0.1, 0.15) is 43.0 Å². The van der Waals surface area contributed by atoms with Crippen molar-refractivity contribution in [3.8, 4) is 0 Å². The van der Waals surface area contributed by atoms with Crippen LogP contribution in [0.15, 0.2) is 23.8 Å². The summed E-state index contributed by atoms with van der Waals surface area (Å²) in [5.74, 6) is -1.44. The first-order valence-electron chi connectivity index (χ1n) is 15.2. The van der Waals surface area contributed by atoms with Gasteiger partial charge >= 0.3 is 12.0 Å².